The number of aromatic carboxylic acids is 1. The predicted octanol–water partition coefficient (Wildman–Crippen LogP) is 3.01. The van der Waals surface area contributed by atoms with Gasteiger partial charge < -0.3 is 10.1 Å². The number of aromatic nitrogens is 2. The molecule has 0 fully saturated rings. The zero-order valence-corrected chi connectivity index (χ0v) is 13.5. The van der Waals surface area contributed by atoms with Crippen molar-refractivity contribution in [3.63, 3.8) is 0 Å². The molecule has 1 aliphatic carbocycles. The average Bonchev–Trinajstić information content (AvgIpc) is 3.04. The first-order chi connectivity index (χ1) is 9.77. The largest absolute Gasteiger partial charge is 0.477 e. The number of carbonyl (C=O) groups is 1. The molecule has 0 unspecified atom stereocenters. The summed E-state index contributed by atoms with van der Waals surface area (Å²) < 4.78 is 0. The van der Waals surface area contributed by atoms with E-state index in [0.717, 1.165) is 12.1 Å². The Kier molecular flexibility index (Phi) is 7.22. The Morgan fingerprint density at radius 3 is 2.24 bits per heavy atom. The van der Waals surface area contributed by atoms with Crippen LogP contribution in [0.3, 0.4) is 0 Å². The van der Waals surface area contributed by atoms with Crippen LogP contribution in [-0.4, -0.2) is 21.0 Å². The van der Waals surface area contributed by atoms with Crippen LogP contribution in [0.2, 0.25) is 0 Å². The molecule has 3 rings (SSSR count). The molecule has 109 valence electrons. The summed E-state index contributed by atoms with van der Waals surface area (Å²) in [5.74, 6) is -0.990. The second-order valence-electron chi connectivity index (χ2n) is 3.96. The topological polar surface area (TPSA) is 63.1 Å². The summed E-state index contributed by atoms with van der Waals surface area (Å²) in [5, 5.41) is 8.32. The molecule has 0 amide bonds. The first-order valence-electron chi connectivity index (χ1n) is 6.10. The van der Waals surface area contributed by atoms with Crippen molar-refractivity contribution >= 4 is 11.5 Å². The Bertz CT molecular complexity index is 625. The van der Waals surface area contributed by atoms with Crippen LogP contribution in [0.15, 0.2) is 60.9 Å². The van der Waals surface area contributed by atoms with E-state index in [2.05, 4.69) is 22.1 Å². The van der Waals surface area contributed by atoms with Crippen LogP contribution >= 0.6 is 0 Å². The molecule has 21 heavy (non-hydrogen) atoms. The van der Waals surface area contributed by atoms with Gasteiger partial charge in [-0.3, -0.25) is 0 Å². The van der Waals surface area contributed by atoms with E-state index in [1.54, 1.807) is 12.1 Å². The molecule has 5 heteroatoms. The van der Waals surface area contributed by atoms with Gasteiger partial charge in [-0.15, -0.1) is 5.57 Å². The third-order valence-electron chi connectivity index (χ3n) is 2.56. The van der Waals surface area contributed by atoms with Crippen molar-refractivity contribution < 1.29 is 30.0 Å². The molecule has 1 aliphatic rings. The van der Waals surface area contributed by atoms with Gasteiger partial charge in [0, 0.05) is 32.5 Å². The first kappa shape index (κ1) is 17.0. The minimum Gasteiger partial charge on any atom is -0.477 e. The van der Waals surface area contributed by atoms with Crippen molar-refractivity contribution in [3.05, 3.63) is 78.4 Å². The van der Waals surface area contributed by atoms with Gasteiger partial charge in [-0.2, -0.15) is 18.2 Å². The van der Waals surface area contributed by atoms with Gasteiger partial charge in [0.2, 0.25) is 0 Å². The molecule has 1 radical (unpaired) electrons. The Morgan fingerprint density at radius 2 is 1.81 bits per heavy atom. The van der Waals surface area contributed by atoms with E-state index in [1.165, 1.54) is 17.8 Å². The van der Waals surface area contributed by atoms with Crippen molar-refractivity contribution in [2.75, 3.05) is 0 Å². The van der Waals surface area contributed by atoms with Gasteiger partial charge in [0.1, 0.15) is 5.69 Å². The summed E-state index contributed by atoms with van der Waals surface area (Å²) in [6.07, 6.45) is 11.4. The number of rotatable bonds is 2. The maximum absolute atomic E-state index is 10.1. The summed E-state index contributed by atoms with van der Waals surface area (Å²) in [4.78, 5) is 17.9. The molecule has 0 spiro atoms. The number of carboxylic acids is 1. The molecule has 2 heterocycles. The molecule has 0 saturated carbocycles. The Hall–Kier alpha value is -2.10. The summed E-state index contributed by atoms with van der Waals surface area (Å²) in [6, 6.07) is 10.7. The third-order valence-corrected chi connectivity index (χ3v) is 2.56. The van der Waals surface area contributed by atoms with Crippen LogP contribution in [0.25, 0.3) is 5.57 Å². The van der Waals surface area contributed by atoms with Crippen LogP contribution in [-0.2, 0) is 20.1 Å². The van der Waals surface area contributed by atoms with Crippen LogP contribution in [0, 0.1) is 6.08 Å². The zero-order valence-electron chi connectivity index (χ0n) is 11.1. The van der Waals surface area contributed by atoms with Crippen LogP contribution in [0.4, 0.5) is 0 Å². The predicted molar refractivity (Wildman–Crippen MR) is 75.8 cm³/mol. The van der Waals surface area contributed by atoms with Crippen molar-refractivity contribution in [1.82, 2.24) is 9.97 Å². The summed E-state index contributed by atoms with van der Waals surface area (Å²) >= 11 is 0. The Morgan fingerprint density at radius 1 is 1.10 bits per heavy atom. The molecular formula is C16H13IrN2O2-. The van der Waals surface area contributed by atoms with Crippen molar-refractivity contribution in [1.29, 1.82) is 0 Å². The van der Waals surface area contributed by atoms with Crippen molar-refractivity contribution in [2.45, 2.75) is 6.42 Å². The number of hydrogen-bond donors (Lipinski definition) is 1. The maximum Gasteiger partial charge on any atom is 0.354 e. The van der Waals surface area contributed by atoms with Gasteiger partial charge in [0.25, 0.3) is 0 Å². The van der Waals surface area contributed by atoms with E-state index < -0.39 is 5.97 Å². The van der Waals surface area contributed by atoms with Gasteiger partial charge in [-0.1, -0.05) is 24.6 Å². The molecule has 4 nitrogen and oxygen atoms in total. The fraction of sp³-hybridized carbons (Fsp3) is 0.0625. The molecule has 2 aromatic rings. The first-order valence-corrected chi connectivity index (χ1v) is 6.10. The number of allylic oxidation sites excluding steroid dienone is 4. The molecule has 0 aromatic carbocycles. The standard InChI is InChI=1S/C10H8N.C6H5NO2.Ir/c1-2-6-9(5-1)10-7-3-4-8-11-10;8-6(9)5-3-1-2-4-7-5;/h1-4,7-8H,5H2;1-4H,(H,8,9);/q-1;;. The van der Waals surface area contributed by atoms with E-state index in [4.69, 9.17) is 5.11 Å². The Labute approximate surface area is 136 Å². The van der Waals surface area contributed by atoms with Gasteiger partial charge in [0.05, 0.1) is 0 Å². The van der Waals surface area contributed by atoms with Crippen LogP contribution in [0.1, 0.15) is 22.6 Å². The second kappa shape index (κ2) is 8.95. The molecule has 2 aromatic heterocycles. The van der Waals surface area contributed by atoms with Gasteiger partial charge in [-0.25, -0.2) is 9.78 Å². The summed E-state index contributed by atoms with van der Waals surface area (Å²) in [7, 11) is 0. The van der Waals surface area contributed by atoms with E-state index >= 15 is 0 Å². The second-order valence-corrected chi connectivity index (χ2v) is 3.96. The summed E-state index contributed by atoms with van der Waals surface area (Å²) in [5.41, 5.74) is 2.31. The number of pyridine rings is 2. The molecule has 0 bridgehead atoms. The van der Waals surface area contributed by atoms with E-state index in [-0.39, 0.29) is 25.8 Å². The summed E-state index contributed by atoms with van der Waals surface area (Å²) in [6.45, 7) is 0. The molecule has 1 N–H and O–H groups in total. The molecule has 0 aliphatic heterocycles. The number of nitrogens with zero attached hydrogens (tertiary/aromatic N) is 2. The minimum absolute atomic E-state index is 0. The van der Waals surface area contributed by atoms with E-state index in [0.29, 0.717) is 0 Å². The van der Waals surface area contributed by atoms with E-state index in [9.17, 15) is 4.79 Å². The molecular weight excluding hydrogens is 444 g/mol. The molecule has 0 atom stereocenters. The fourth-order valence-corrected chi connectivity index (χ4v) is 1.60. The van der Waals surface area contributed by atoms with Gasteiger partial charge >= 0.3 is 5.97 Å². The smallest absolute Gasteiger partial charge is 0.354 e. The van der Waals surface area contributed by atoms with Gasteiger partial charge in [0.15, 0.2) is 0 Å². The fourth-order valence-electron chi connectivity index (χ4n) is 1.60. The number of carboxylic acid groups (broad SMARTS) is 1. The van der Waals surface area contributed by atoms with E-state index in [1.807, 2.05) is 30.5 Å². The number of hydrogen-bond acceptors (Lipinski definition) is 3. The maximum atomic E-state index is 10.1. The zero-order chi connectivity index (χ0) is 14.2. The van der Waals surface area contributed by atoms with Crippen LogP contribution in [0.5, 0.6) is 0 Å². The molecule has 0 saturated heterocycles. The average molecular weight is 458 g/mol. The third kappa shape index (κ3) is 5.42. The van der Waals surface area contributed by atoms with Crippen molar-refractivity contribution in [3.8, 4) is 0 Å². The Balaban J connectivity index is 0.000000205. The van der Waals surface area contributed by atoms with Crippen molar-refractivity contribution in [2.24, 2.45) is 0 Å². The monoisotopic (exact) mass is 458 g/mol. The minimum atomic E-state index is -0.990. The quantitative estimate of drug-likeness (QED) is 0.705. The van der Waals surface area contributed by atoms with Gasteiger partial charge in [-0.05, 0) is 23.9 Å². The normalized spacial score (nSPS) is 11.7. The van der Waals surface area contributed by atoms with Crippen LogP contribution < -0.4 is 0 Å². The SMILES string of the molecule is O=C(O)c1ccccn1.[C-]1=C(c2ccccn2)CC=C1.[Ir].